The van der Waals surface area contributed by atoms with Gasteiger partial charge in [-0.3, -0.25) is 4.79 Å². The van der Waals surface area contributed by atoms with Crippen LogP contribution in [0.15, 0.2) is 59.0 Å². The highest BCUT2D eigenvalue weighted by molar-refractivity contribution is 5.99. The molecule has 3 aromatic rings. The fourth-order valence-electron chi connectivity index (χ4n) is 2.08. The standard InChI is InChI=1S/C16H12O2/c1-11(17)15-10-13-8-5-9-14(16(13)18-15)12-6-3-2-4-7-12/h2-10H,1H3. The molecule has 0 radical (unpaired) electrons. The Bertz CT molecular complexity index is 708. The first-order valence-electron chi connectivity index (χ1n) is 5.84. The van der Waals surface area contributed by atoms with E-state index >= 15 is 0 Å². The largest absolute Gasteiger partial charge is 0.452 e. The maximum absolute atomic E-state index is 11.4. The fourth-order valence-corrected chi connectivity index (χ4v) is 2.08. The lowest BCUT2D eigenvalue weighted by Gasteiger charge is -2.01. The lowest BCUT2D eigenvalue weighted by Crippen LogP contribution is -1.85. The second-order valence-corrected chi connectivity index (χ2v) is 4.26. The molecule has 1 heterocycles. The summed E-state index contributed by atoms with van der Waals surface area (Å²) in [7, 11) is 0. The molecule has 0 spiro atoms. The molecule has 0 bridgehead atoms. The molecule has 2 aromatic carbocycles. The van der Waals surface area contributed by atoms with Crippen LogP contribution < -0.4 is 0 Å². The average molecular weight is 236 g/mol. The van der Waals surface area contributed by atoms with Crippen LogP contribution in [0.4, 0.5) is 0 Å². The SMILES string of the molecule is CC(=O)c1cc2cccc(-c3ccccc3)c2o1. The van der Waals surface area contributed by atoms with Gasteiger partial charge in [0.1, 0.15) is 5.58 Å². The highest BCUT2D eigenvalue weighted by Gasteiger charge is 2.11. The van der Waals surface area contributed by atoms with Gasteiger partial charge in [0.25, 0.3) is 0 Å². The Morgan fingerprint density at radius 3 is 2.50 bits per heavy atom. The molecule has 0 atom stereocenters. The molecule has 0 unspecified atom stereocenters. The van der Waals surface area contributed by atoms with Crippen molar-refractivity contribution in [3.05, 3.63) is 60.4 Å². The van der Waals surface area contributed by atoms with Crippen molar-refractivity contribution in [2.75, 3.05) is 0 Å². The van der Waals surface area contributed by atoms with Crippen LogP contribution in [0.3, 0.4) is 0 Å². The zero-order valence-corrected chi connectivity index (χ0v) is 10.0. The molecule has 0 aliphatic heterocycles. The Morgan fingerprint density at radius 2 is 1.78 bits per heavy atom. The second-order valence-electron chi connectivity index (χ2n) is 4.26. The molecule has 0 saturated heterocycles. The van der Waals surface area contributed by atoms with Gasteiger partial charge in [-0.15, -0.1) is 0 Å². The predicted octanol–water partition coefficient (Wildman–Crippen LogP) is 4.30. The van der Waals surface area contributed by atoms with Crippen LogP contribution in [0.2, 0.25) is 0 Å². The molecular weight excluding hydrogens is 224 g/mol. The smallest absolute Gasteiger partial charge is 0.194 e. The van der Waals surface area contributed by atoms with E-state index in [2.05, 4.69) is 0 Å². The van der Waals surface area contributed by atoms with Gasteiger partial charge in [-0.05, 0) is 11.6 Å². The van der Waals surface area contributed by atoms with E-state index in [0.717, 1.165) is 22.1 Å². The molecule has 3 rings (SSSR count). The Morgan fingerprint density at radius 1 is 1.00 bits per heavy atom. The number of carbonyl (C=O) groups excluding carboxylic acids is 1. The molecule has 2 heteroatoms. The van der Waals surface area contributed by atoms with Gasteiger partial charge in [0.05, 0.1) is 0 Å². The first-order valence-corrected chi connectivity index (χ1v) is 5.84. The number of rotatable bonds is 2. The number of fused-ring (bicyclic) bond motifs is 1. The molecule has 2 nitrogen and oxygen atoms in total. The number of Topliss-reactive ketones (excluding diaryl/α,β-unsaturated/α-hetero) is 1. The molecule has 1 aromatic heterocycles. The summed E-state index contributed by atoms with van der Waals surface area (Å²) in [6.45, 7) is 1.51. The number of carbonyl (C=O) groups is 1. The van der Waals surface area contributed by atoms with Crippen molar-refractivity contribution in [2.24, 2.45) is 0 Å². The molecule has 0 fully saturated rings. The van der Waals surface area contributed by atoms with Crippen molar-refractivity contribution in [3.63, 3.8) is 0 Å². The van der Waals surface area contributed by atoms with Gasteiger partial charge in [-0.2, -0.15) is 0 Å². The third-order valence-corrected chi connectivity index (χ3v) is 2.98. The summed E-state index contributed by atoms with van der Waals surface area (Å²) in [5.74, 6) is 0.360. The number of benzene rings is 2. The predicted molar refractivity (Wildman–Crippen MR) is 71.7 cm³/mol. The second kappa shape index (κ2) is 4.15. The molecule has 0 aliphatic rings. The summed E-state index contributed by atoms with van der Waals surface area (Å²) in [6, 6.07) is 17.8. The van der Waals surface area contributed by atoms with E-state index in [0.29, 0.717) is 5.76 Å². The maximum Gasteiger partial charge on any atom is 0.194 e. The van der Waals surface area contributed by atoms with Crippen LogP contribution in [0, 0.1) is 0 Å². The lowest BCUT2D eigenvalue weighted by molar-refractivity contribution is 0.0989. The zero-order chi connectivity index (χ0) is 12.5. The van der Waals surface area contributed by atoms with Crippen molar-refractivity contribution in [1.82, 2.24) is 0 Å². The number of hydrogen-bond acceptors (Lipinski definition) is 2. The molecule has 88 valence electrons. The number of furan rings is 1. The minimum Gasteiger partial charge on any atom is -0.452 e. The summed E-state index contributed by atoms with van der Waals surface area (Å²) in [5.41, 5.74) is 2.88. The van der Waals surface area contributed by atoms with E-state index < -0.39 is 0 Å². The van der Waals surface area contributed by atoms with E-state index in [4.69, 9.17) is 4.42 Å². The van der Waals surface area contributed by atoms with Crippen LogP contribution in [0.1, 0.15) is 17.5 Å². The van der Waals surface area contributed by atoms with Crippen LogP contribution in [-0.2, 0) is 0 Å². The summed E-state index contributed by atoms with van der Waals surface area (Å²) >= 11 is 0. The average Bonchev–Trinajstić information content (AvgIpc) is 2.83. The summed E-state index contributed by atoms with van der Waals surface area (Å²) in [5, 5.41) is 0.960. The van der Waals surface area contributed by atoms with Gasteiger partial charge in [0.2, 0.25) is 0 Å². The Kier molecular flexibility index (Phi) is 2.49. The highest BCUT2D eigenvalue weighted by atomic mass is 16.3. The third kappa shape index (κ3) is 1.72. The van der Waals surface area contributed by atoms with E-state index in [1.807, 2.05) is 48.5 Å². The van der Waals surface area contributed by atoms with Gasteiger partial charge >= 0.3 is 0 Å². The van der Waals surface area contributed by atoms with Crippen LogP contribution in [0.5, 0.6) is 0 Å². The van der Waals surface area contributed by atoms with Crippen molar-refractivity contribution < 1.29 is 9.21 Å². The van der Waals surface area contributed by atoms with Gasteiger partial charge in [-0.1, -0.05) is 48.5 Å². The monoisotopic (exact) mass is 236 g/mol. The van der Waals surface area contributed by atoms with Crippen molar-refractivity contribution in [1.29, 1.82) is 0 Å². The minimum atomic E-state index is -0.0507. The zero-order valence-electron chi connectivity index (χ0n) is 10.0. The quantitative estimate of drug-likeness (QED) is 0.621. The maximum atomic E-state index is 11.4. The van der Waals surface area contributed by atoms with Gasteiger partial charge < -0.3 is 4.42 Å². The summed E-state index contributed by atoms with van der Waals surface area (Å²) in [4.78, 5) is 11.4. The van der Waals surface area contributed by atoms with E-state index in [9.17, 15) is 4.79 Å². The normalized spacial score (nSPS) is 10.7. The lowest BCUT2D eigenvalue weighted by atomic mass is 10.0. The van der Waals surface area contributed by atoms with Crippen molar-refractivity contribution >= 4 is 16.8 Å². The minimum absolute atomic E-state index is 0.0507. The Labute approximate surface area is 105 Å². The molecule has 18 heavy (non-hydrogen) atoms. The van der Waals surface area contributed by atoms with Gasteiger partial charge in [0.15, 0.2) is 11.5 Å². The number of ketones is 1. The van der Waals surface area contributed by atoms with Crippen molar-refractivity contribution in [3.8, 4) is 11.1 Å². The van der Waals surface area contributed by atoms with Crippen LogP contribution in [-0.4, -0.2) is 5.78 Å². The van der Waals surface area contributed by atoms with E-state index in [1.165, 1.54) is 6.92 Å². The van der Waals surface area contributed by atoms with E-state index in [-0.39, 0.29) is 5.78 Å². The molecule has 0 aliphatic carbocycles. The molecular formula is C16H12O2. The highest BCUT2D eigenvalue weighted by Crippen LogP contribution is 2.30. The summed E-state index contributed by atoms with van der Waals surface area (Å²) < 4.78 is 5.67. The van der Waals surface area contributed by atoms with Crippen LogP contribution >= 0.6 is 0 Å². The van der Waals surface area contributed by atoms with Gasteiger partial charge in [-0.25, -0.2) is 0 Å². The fraction of sp³-hybridized carbons (Fsp3) is 0.0625. The Hall–Kier alpha value is -2.35. The first-order chi connectivity index (χ1) is 8.75. The third-order valence-electron chi connectivity index (χ3n) is 2.98. The molecule has 0 amide bonds. The summed E-state index contributed by atoms with van der Waals surface area (Å²) in [6.07, 6.45) is 0. The van der Waals surface area contributed by atoms with Gasteiger partial charge in [0, 0.05) is 17.9 Å². The molecule has 0 saturated carbocycles. The Balaban J connectivity index is 2.27. The molecule has 0 N–H and O–H groups in total. The number of para-hydroxylation sites is 1. The number of hydrogen-bond donors (Lipinski definition) is 0. The van der Waals surface area contributed by atoms with Crippen LogP contribution in [0.25, 0.3) is 22.1 Å². The van der Waals surface area contributed by atoms with Crippen molar-refractivity contribution in [2.45, 2.75) is 6.92 Å². The van der Waals surface area contributed by atoms with E-state index in [1.54, 1.807) is 6.07 Å². The topological polar surface area (TPSA) is 30.2 Å². The first kappa shape index (κ1) is 10.8.